The molecule has 1 aliphatic carbocycles. The number of rotatable bonds is 8. The molecule has 1 saturated carbocycles. The van der Waals surface area contributed by atoms with E-state index in [1.54, 1.807) is 21.3 Å². The average Bonchev–Trinajstić information content (AvgIpc) is 3.40. The molecule has 1 aromatic rings. The summed E-state index contributed by atoms with van der Waals surface area (Å²) in [5.74, 6) is 3.75. The third-order valence-electron chi connectivity index (χ3n) is 5.51. The molecule has 1 heterocycles. The van der Waals surface area contributed by atoms with E-state index in [1.165, 1.54) is 13.0 Å². The first kappa shape index (κ1) is 18.3. The van der Waals surface area contributed by atoms with E-state index < -0.39 is 0 Å². The zero-order chi connectivity index (χ0) is 17.8. The molecule has 0 amide bonds. The average molecular weight is 349 g/mol. The minimum Gasteiger partial charge on any atom is -0.493 e. The largest absolute Gasteiger partial charge is 0.493 e. The van der Waals surface area contributed by atoms with Crippen LogP contribution in [-0.4, -0.2) is 70.4 Å². The topological polar surface area (TPSA) is 60.2 Å². The molecule has 0 radical (unpaired) electrons. The van der Waals surface area contributed by atoms with E-state index in [0.29, 0.717) is 11.5 Å². The summed E-state index contributed by atoms with van der Waals surface area (Å²) in [5, 5.41) is 0. The molecule has 2 atom stereocenters. The van der Waals surface area contributed by atoms with Crippen LogP contribution < -0.4 is 19.9 Å². The first-order valence-electron chi connectivity index (χ1n) is 9.12. The maximum atomic E-state index is 5.75. The van der Waals surface area contributed by atoms with Crippen LogP contribution in [0.3, 0.4) is 0 Å². The minimum atomic E-state index is 0.669. The first-order chi connectivity index (χ1) is 12.2. The highest BCUT2D eigenvalue weighted by Gasteiger charge is 2.37. The van der Waals surface area contributed by atoms with Crippen molar-refractivity contribution in [2.75, 3.05) is 60.6 Å². The van der Waals surface area contributed by atoms with Gasteiger partial charge in [-0.25, -0.2) is 0 Å². The zero-order valence-electron chi connectivity index (χ0n) is 15.7. The molecule has 1 saturated heterocycles. The lowest BCUT2D eigenvalue weighted by Crippen LogP contribution is -2.46. The number of piperazine rings is 1. The Bertz CT molecular complexity index is 573. The molecule has 25 heavy (non-hydrogen) atoms. The van der Waals surface area contributed by atoms with Crippen molar-refractivity contribution >= 4 is 0 Å². The Balaban J connectivity index is 1.56. The van der Waals surface area contributed by atoms with E-state index in [9.17, 15) is 0 Å². The lowest BCUT2D eigenvalue weighted by molar-refractivity contribution is 0.121. The van der Waals surface area contributed by atoms with Crippen molar-refractivity contribution in [2.24, 2.45) is 17.6 Å². The highest BCUT2D eigenvalue weighted by atomic mass is 16.5. The zero-order valence-corrected chi connectivity index (χ0v) is 15.7. The SMILES string of the molecule is COc1ccc(CN2CCN(C[C@H]3C[C@H]3CN)CC2)c(OC)c1OC. The second-order valence-electron chi connectivity index (χ2n) is 7.06. The molecule has 0 unspecified atom stereocenters. The molecule has 0 spiro atoms. The van der Waals surface area contributed by atoms with Gasteiger partial charge in [-0.1, -0.05) is 6.07 Å². The summed E-state index contributed by atoms with van der Waals surface area (Å²) in [6.45, 7) is 7.35. The standard InChI is InChI=1S/C19H31N3O3/c1-23-17-5-4-14(18(24-2)19(17)25-3)12-21-6-8-22(9-7-21)13-16-10-15(16)11-20/h4-5,15-16H,6-13,20H2,1-3H3/t15-,16+/m0/s1. The molecular weight excluding hydrogens is 318 g/mol. The van der Waals surface area contributed by atoms with E-state index >= 15 is 0 Å². The maximum absolute atomic E-state index is 5.75. The summed E-state index contributed by atoms with van der Waals surface area (Å²) in [6.07, 6.45) is 1.32. The van der Waals surface area contributed by atoms with Crippen molar-refractivity contribution in [2.45, 2.75) is 13.0 Å². The Morgan fingerprint density at radius 2 is 1.60 bits per heavy atom. The van der Waals surface area contributed by atoms with Gasteiger partial charge >= 0.3 is 0 Å². The van der Waals surface area contributed by atoms with Gasteiger partial charge in [0.05, 0.1) is 21.3 Å². The monoisotopic (exact) mass is 349 g/mol. The fourth-order valence-electron chi connectivity index (χ4n) is 3.81. The predicted molar refractivity (Wildman–Crippen MR) is 98.5 cm³/mol. The van der Waals surface area contributed by atoms with Crippen molar-refractivity contribution < 1.29 is 14.2 Å². The van der Waals surface area contributed by atoms with Crippen LogP contribution >= 0.6 is 0 Å². The van der Waals surface area contributed by atoms with Gasteiger partial charge in [0.2, 0.25) is 5.75 Å². The van der Waals surface area contributed by atoms with E-state index in [4.69, 9.17) is 19.9 Å². The van der Waals surface area contributed by atoms with Crippen LogP contribution in [0.2, 0.25) is 0 Å². The Labute approximate surface area is 150 Å². The Kier molecular flexibility index (Phi) is 6.04. The summed E-state index contributed by atoms with van der Waals surface area (Å²) in [4.78, 5) is 5.07. The quantitative estimate of drug-likeness (QED) is 0.766. The fraction of sp³-hybridized carbons (Fsp3) is 0.684. The third-order valence-corrected chi connectivity index (χ3v) is 5.51. The van der Waals surface area contributed by atoms with Crippen molar-refractivity contribution in [1.82, 2.24) is 9.80 Å². The molecule has 1 aliphatic heterocycles. The number of benzene rings is 1. The molecule has 0 bridgehead atoms. The minimum absolute atomic E-state index is 0.669. The predicted octanol–water partition coefficient (Wildman–Crippen LogP) is 1.42. The molecule has 2 fully saturated rings. The molecule has 6 heteroatoms. The van der Waals surface area contributed by atoms with Crippen molar-refractivity contribution in [3.05, 3.63) is 17.7 Å². The summed E-state index contributed by atoms with van der Waals surface area (Å²) < 4.78 is 16.5. The summed E-state index contributed by atoms with van der Waals surface area (Å²) in [7, 11) is 4.98. The number of methoxy groups -OCH3 is 3. The Hall–Kier alpha value is -1.50. The summed E-state index contributed by atoms with van der Waals surface area (Å²) in [5.41, 5.74) is 6.89. The maximum Gasteiger partial charge on any atom is 0.203 e. The van der Waals surface area contributed by atoms with Crippen LogP contribution in [-0.2, 0) is 6.54 Å². The Morgan fingerprint density at radius 3 is 2.16 bits per heavy atom. The molecule has 2 aliphatic rings. The van der Waals surface area contributed by atoms with Gasteiger partial charge in [0.1, 0.15) is 0 Å². The van der Waals surface area contributed by atoms with Gasteiger partial charge in [-0.2, -0.15) is 0 Å². The van der Waals surface area contributed by atoms with Gasteiger partial charge in [-0.3, -0.25) is 4.90 Å². The first-order valence-corrected chi connectivity index (χ1v) is 9.12. The van der Waals surface area contributed by atoms with Gasteiger partial charge in [-0.15, -0.1) is 0 Å². The molecule has 1 aromatic carbocycles. The third kappa shape index (κ3) is 4.19. The number of ether oxygens (including phenoxy) is 3. The van der Waals surface area contributed by atoms with Crippen LogP contribution in [0.4, 0.5) is 0 Å². The van der Waals surface area contributed by atoms with Crippen LogP contribution in [0.15, 0.2) is 12.1 Å². The van der Waals surface area contributed by atoms with Crippen LogP contribution in [0.5, 0.6) is 17.2 Å². The van der Waals surface area contributed by atoms with Gasteiger partial charge in [-0.05, 0) is 30.9 Å². The van der Waals surface area contributed by atoms with E-state index in [1.807, 2.05) is 6.07 Å². The highest BCUT2D eigenvalue weighted by molar-refractivity contribution is 5.55. The number of hydrogen-bond donors (Lipinski definition) is 1. The fourth-order valence-corrected chi connectivity index (χ4v) is 3.81. The summed E-state index contributed by atoms with van der Waals surface area (Å²) in [6, 6.07) is 4.02. The molecule has 2 N–H and O–H groups in total. The molecule has 140 valence electrons. The molecular formula is C19H31N3O3. The van der Waals surface area contributed by atoms with Gasteiger partial charge in [0.25, 0.3) is 0 Å². The van der Waals surface area contributed by atoms with E-state index in [2.05, 4.69) is 15.9 Å². The van der Waals surface area contributed by atoms with E-state index in [-0.39, 0.29) is 0 Å². The lowest BCUT2D eigenvalue weighted by Gasteiger charge is -2.35. The van der Waals surface area contributed by atoms with Crippen LogP contribution in [0.1, 0.15) is 12.0 Å². The number of hydrogen-bond acceptors (Lipinski definition) is 6. The van der Waals surface area contributed by atoms with Crippen molar-refractivity contribution in [3.63, 3.8) is 0 Å². The molecule has 6 nitrogen and oxygen atoms in total. The molecule has 3 rings (SSSR count). The van der Waals surface area contributed by atoms with Crippen LogP contribution in [0, 0.1) is 11.8 Å². The van der Waals surface area contributed by atoms with Gasteiger partial charge in [0, 0.05) is 44.8 Å². The normalized spacial score (nSPS) is 24.2. The van der Waals surface area contributed by atoms with Crippen molar-refractivity contribution in [3.8, 4) is 17.2 Å². The second kappa shape index (κ2) is 8.25. The van der Waals surface area contributed by atoms with Gasteiger partial charge in [0.15, 0.2) is 11.5 Å². The van der Waals surface area contributed by atoms with Crippen LogP contribution in [0.25, 0.3) is 0 Å². The smallest absolute Gasteiger partial charge is 0.203 e. The van der Waals surface area contributed by atoms with E-state index in [0.717, 1.165) is 62.4 Å². The number of nitrogens with zero attached hydrogens (tertiary/aromatic N) is 2. The van der Waals surface area contributed by atoms with Crippen molar-refractivity contribution in [1.29, 1.82) is 0 Å². The lowest BCUT2D eigenvalue weighted by atomic mass is 10.1. The Morgan fingerprint density at radius 1 is 0.920 bits per heavy atom. The number of nitrogens with two attached hydrogens (primary N) is 1. The highest BCUT2D eigenvalue weighted by Crippen LogP contribution is 2.40. The second-order valence-corrected chi connectivity index (χ2v) is 7.06. The molecule has 0 aromatic heterocycles. The van der Waals surface area contributed by atoms with Gasteiger partial charge < -0.3 is 24.8 Å². The summed E-state index contributed by atoms with van der Waals surface area (Å²) >= 11 is 0.